The van der Waals surface area contributed by atoms with Crippen LogP contribution in [0.2, 0.25) is 0 Å². The average Bonchev–Trinajstić information content (AvgIpc) is 3.01. The van der Waals surface area contributed by atoms with Crippen LogP contribution in [0.15, 0.2) is 30.3 Å². The Labute approximate surface area is 168 Å². The Bertz CT molecular complexity index is 678. The highest BCUT2D eigenvalue weighted by molar-refractivity contribution is 5.85. The first kappa shape index (κ1) is 19.4. The average molecular weight is 384 g/mol. The molecule has 5 nitrogen and oxygen atoms in total. The van der Waals surface area contributed by atoms with Crippen molar-refractivity contribution in [3.8, 4) is 0 Å². The molecular formula is C23H33N3O2. The maximum absolute atomic E-state index is 13.0. The number of aryl methyl sites for hydroxylation is 1. The van der Waals surface area contributed by atoms with Gasteiger partial charge < -0.3 is 14.7 Å². The van der Waals surface area contributed by atoms with Crippen LogP contribution in [0.25, 0.3) is 0 Å². The lowest BCUT2D eigenvalue weighted by Crippen LogP contribution is -2.52. The van der Waals surface area contributed by atoms with E-state index in [2.05, 4.69) is 40.1 Å². The highest BCUT2D eigenvalue weighted by Gasteiger charge is 2.37. The molecule has 0 N–H and O–H groups in total. The van der Waals surface area contributed by atoms with E-state index in [1.165, 1.54) is 18.4 Å². The topological polar surface area (TPSA) is 43.9 Å². The molecule has 5 heteroatoms. The van der Waals surface area contributed by atoms with E-state index in [0.717, 1.165) is 58.4 Å². The molecular weight excluding hydrogens is 350 g/mol. The minimum Gasteiger partial charge on any atom is -0.337 e. The molecule has 5 rings (SSSR count). The Morgan fingerprint density at radius 1 is 1.04 bits per heavy atom. The van der Waals surface area contributed by atoms with Crippen LogP contribution in [-0.4, -0.2) is 71.8 Å². The Morgan fingerprint density at radius 2 is 1.89 bits per heavy atom. The van der Waals surface area contributed by atoms with E-state index in [1.54, 1.807) is 4.90 Å². The first-order valence-corrected chi connectivity index (χ1v) is 11.0. The van der Waals surface area contributed by atoms with Gasteiger partial charge in [-0.15, -0.1) is 0 Å². The number of rotatable bonds is 6. The standard InChI is InChI=1S/C23H33N3O2/c27-22-10-4-5-14-25(22)18-23(28)26-16-20-11-12-21(26)17-24(15-20)13-6-9-19-7-2-1-3-8-19/h1-3,7-8,20-21H,4-6,9-18H2/t20-,21+/m0/s1. The molecule has 2 atom stereocenters. The summed E-state index contributed by atoms with van der Waals surface area (Å²) in [6.45, 7) is 5.12. The number of carbonyl (C=O) groups is 2. The molecule has 1 aromatic rings. The van der Waals surface area contributed by atoms with Gasteiger partial charge in [-0.2, -0.15) is 0 Å². The molecule has 0 spiro atoms. The number of hydrogen-bond donors (Lipinski definition) is 0. The van der Waals surface area contributed by atoms with Crippen LogP contribution in [0.3, 0.4) is 0 Å². The number of nitrogens with zero attached hydrogens (tertiary/aromatic N) is 3. The van der Waals surface area contributed by atoms with Crippen LogP contribution < -0.4 is 0 Å². The van der Waals surface area contributed by atoms with Gasteiger partial charge in [0, 0.05) is 38.6 Å². The monoisotopic (exact) mass is 383 g/mol. The van der Waals surface area contributed by atoms with Crippen LogP contribution in [0, 0.1) is 5.92 Å². The largest absolute Gasteiger partial charge is 0.337 e. The molecule has 0 aliphatic carbocycles. The normalized spacial score (nSPS) is 25.8. The van der Waals surface area contributed by atoms with Crippen molar-refractivity contribution in [2.24, 2.45) is 5.92 Å². The number of likely N-dealkylation sites (tertiary alicyclic amines) is 1. The summed E-state index contributed by atoms with van der Waals surface area (Å²) in [4.78, 5) is 31.5. The van der Waals surface area contributed by atoms with Gasteiger partial charge in [0.2, 0.25) is 11.8 Å². The number of amides is 2. The van der Waals surface area contributed by atoms with E-state index in [4.69, 9.17) is 0 Å². The molecule has 4 aliphatic heterocycles. The molecule has 2 bridgehead atoms. The molecule has 28 heavy (non-hydrogen) atoms. The predicted molar refractivity (Wildman–Crippen MR) is 110 cm³/mol. The van der Waals surface area contributed by atoms with Gasteiger partial charge in [0.15, 0.2) is 0 Å². The second-order valence-corrected chi connectivity index (χ2v) is 8.76. The number of hydrogen-bond acceptors (Lipinski definition) is 3. The van der Waals surface area contributed by atoms with Gasteiger partial charge in [-0.05, 0) is 56.6 Å². The lowest BCUT2D eigenvalue weighted by Gasteiger charge is -2.38. The minimum atomic E-state index is 0.155. The Hall–Kier alpha value is -1.88. The molecule has 1 aromatic carbocycles. The van der Waals surface area contributed by atoms with Crippen LogP contribution >= 0.6 is 0 Å². The van der Waals surface area contributed by atoms with E-state index in [9.17, 15) is 9.59 Å². The zero-order valence-corrected chi connectivity index (χ0v) is 16.9. The SMILES string of the molecule is O=C1CCCCN1CC(=O)N1C[C@H]2CC[C@@H]1CN(CCCc1ccccc1)C2. The fourth-order valence-corrected chi connectivity index (χ4v) is 5.10. The van der Waals surface area contributed by atoms with Crippen molar-refractivity contribution in [2.75, 3.05) is 39.3 Å². The summed E-state index contributed by atoms with van der Waals surface area (Å²) in [6, 6.07) is 11.0. The highest BCUT2D eigenvalue weighted by Crippen LogP contribution is 2.28. The fraction of sp³-hybridized carbons (Fsp3) is 0.652. The second-order valence-electron chi connectivity index (χ2n) is 8.76. The third-order valence-electron chi connectivity index (χ3n) is 6.64. The van der Waals surface area contributed by atoms with Crippen molar-refractivity contribution in [3.63, 3.8) is 0 Å². The van der Waals surface area contributed by atoms with Crippen molar-refractivity contribution in [2.45, 2.75) is 51.0 Å². The van der Waals surface area contributed by atoms with Crippen LogP contribution in [0.5, 0.6) is 0 Å². The third-order valence-corrected chi connectivity index (χ3v) is 6.64. The lowest BCUT2D eigenvalue weighted by atomic mass is 9.95. The second kappa shape index (κ2) is 9.08. The van der Waals surface area contributed by atoms with E-state index in [1.807, 2.05) is 0 Å². The molecule has 152 valence electrons. The highest BCUT2D eigenvalue weighted by atomic mass is 16.2. The summed E-state index contributed by atoms with van der Waals surface area (Å²) in [7, 11) is 0. The summed E-state index contributed by atoms with van der Waals surface area (Å²) in [5.74, 6) is 0.898. The summed E-state index contributed by atoms with van der Waals surface area (Å²) in [5.41, 5.74) is 1.41. The molecule has 4 fully saturated rings. The van der Waals surface area contributed by atoms with Crippen molar-refractivity contribution in [1.82, 2.24) is 14.7 Å². The predicted octanol–water partition coefficient (Wildman–Crippen LogP) is 2.55. The number of fused-ring (bicyclic) bond motifs is 4. The van der Waals surface area contributed by atoms with E-state index in [0.29, 0.717) is 18.4 Å². The molecule has 0 unspecified atom stereocenters. The van der Waals surface area contributed by atoms with Crippen molar-refractivity contribution in [3.05, 3.63) is 35.9 Å². The van der Waals surface area contributed by atoms with E-state index < -0.39 is 0 Å². The summed E-state index contributed by atoms with van der Waals surface area (Å²) in [5, 5.41) is 0. The van der Waals surface area contributed by atoms with E-state index >= 15 is 0 Å². The van der Waals surface area contributed by atoms with Gasteiger partial charge in [-0.1, -0.05) is 30.3 Å². The first-order valence-electron chi connectivity index (χ1n) is 11.0. The molecule has 2 amide bonds. The van der Waals surface area contributed by atoms with Gasteiger partial charge in [0.05, 0.1) is 6.54 Å². The molecule has 0 aromatic heterocycles. The maximum Gasteiger partial charge on any atom is 0.242 e. The lowest BCUT2D eigenvalue weighted by molar-refractivity contribution is -0.144. The summed E-state index contributed by atoms with van der Waals surface area (Å²) in [6.07, 6.45) is 7.22. The van der Waals surface area contributed by atoms with Gasteiger partial charge in [0.25, 0.3) is 0 Å². The summed E-state index contributed by atoms with van der Waals surface area (Å²) < 4.78 is 0. The number of carbonyl (C=O) groups excluding carboxylic acids is 2. The Balaban J connectivity index is 1.30. The zero-order valence-electron chi connectivity index (χ0n) is 16.9. The number of piperidine rings is 2. The van der Waals surface area contributed by atoms with Crippen molar-refractivity contribution >= 4 is 11.8 Å². The minimum absolute atomic E-state index is 0.155. The maximum atomic E-state index is 13.0. The number of benzene rings is 1. The van der Waals surface area contributed by atoms with Crippen molar-refractivity contribution < 1.29 is 9.59 Å². The van der Waals surface area contributed by atoms with Crippen molar-refractivity contribution in [1.29, 1.82) is 0 Å². The molecule has 0 radical (unpaired) electrons. The van der Waals surface area contributed by atoms with E-state index in [-0.39, 0.29) is 18.4 Å². The fourth-order valence-electron chi connectivity index (χ4n) is 5.10. The first-order chi connectivity index (χ1) is 13.7. The quantitative estimate of drug-likeness (QED) is 0.758. The summed E-state index contributed by atoms with van der Waals surface area (Å²) >= 11 is 0. The van der Waals surface area contributed by atoms with Crippen LogP contribution in [-0.2, 0) is 16.0 Å². The van der Waals surface area contributed by atoms with Crippen LogP contribution in [0.4, 0.5) is 0 Å². The van der Waals surface area contributed by atoms with Gasteiger partial charge in [-0.25, -0.2) is 0 Å². The van der Waals surface area contributed by atoms with Crippen LogP contribution in [0.1, 0.15) is 44.1 Å². The molecule has 0 saturated carbocycles. The van der Waals surface area contributed by atoms with Gasteiger partial charge in [0.1, 0.15) is 0 Å². The molecule has 4 saturated heterocycles. The van der Waals surface area contributed by atoms with Gasteiger partial charge in [-0.3, -0.25) is 9.59 Å². The third kappa shape index (κ3) is 4.75. The molecule has 4 heterocycles. The van der Waals surface area contributed by atoms with Gasteiger partial charge >= 0.3 is 0 Å². The zero-order chi connectivity index (χ0) is 19.3. The Kier molecular flexibility index (Phi) is 6.30. The molecule has 4 aliphatic rings. The Morgan fingerprint density at radius 3 is 2.71 bits per heavy atom. The smallest absolute Gasteiger partial charge is 0.242 e.